The molecule has 3 aromatic carbocycles. The van der Waals surface area contributed by atoms with Gasteiger partial charge < -0.3 is 14.4 Å². The molecule has 0 saturated carbocycles. The zero-order chi connectivity index (χ0) is 19.5. The maximum absolute atomic E-state index is 6.33. The first kappa shape index (κ1) is 16.3. The fourth-order valence-electron chi connectivity index (χ4n) is 4.71. The summed E-state index contributed by atoms with van der Waals surface area (Å²) in [6.45, 7) is 6.09. The summed E-state index contributed by atoms with van der Waals surface area (Å²) in [5, 5.41) is 0. The Balaban J connectivity index is 1.72. The molecule has 140 valence electrons. The number of hydrogen-bond acceptors (Lipinski definition) is 3. The number of hydrogen-bond donors (Lipinski definition) is 0. The maximum atomic E-state index is 6.33. The Bertz CT molecular complexity index is 1180. The summed E-state index contributed by atoms with van der Waals surface area (Å²) in [5.74, 6) is 3.65. The van der Waals surface area contributed by atoms with Crippen molar-refractivity contribution in [3.8, 4) is 23.0 Å². The van der Waals surface area contributed by atoms with Crippen LogP contribution in [0.5, 0.6) is 23.0 Å². The van der Waals surface area contributed by atoms with Crippen molar-refractivity contribution in [2.45, 2.75) is 12.8 Å². The lowest BCUT2D eigenvalue weighted by Crippen LogP contribution is -2.29. The van der Waals surface area contributed by atoms with Crippen LogP contribution >= 0.6 is 0 Å². The van der Waals surface area contributed by atoms with Crippen LogP contribution < -0.4 is 14.4 Å². The minimum absolute atomic E-state index is 0.102. The van der Waals surface area contributed by atoms with E-state index in [-0.39, 0.29) is 5.92 Å². The Kier molecular flexibility index (Phi) is 3.30. The molecule has 0 saturated heterocycles. The highest BCUT2D eigenvalue weighted by Crippen LogP contribution is 2.63. The molecule has 3 aliphatic rings. The standard InChI is InChI=1S/C26H19NO2/c1-3-5-9-16(4-2)27-17-10-6-12-19-23(17)26-24-18(27)11-7-13-20(24)29-22-15-8-14-21(28-19)25(22)26/h3-15,26H,2H2,1H3. The second-order valence-electron chi connectivity index (χ2n) is 7.34. The largest absolute Gasteiger partial charge is 0.457 e. The summed E-state index contributed by atoms with van der Waals surface area (Å²) in [6, 6.07) is 18.6. The summed E-state index contributed by atoms with van der Waals surface area (Å²) in [7, 11) is 0. The van der Waals surface area contributed by atoms with Crippen LogP contribution in [0.25, 0.3) is 0 Å². The van der Waals surface area contributed by atoms with E-state index >= 15 is 0 Å². The summed E-state index contributed by atoms with van der Waals surface area (Å²) in [4.78, 5) is 2.26. The molecule has 29 heavy (non-hydrogen) atoms. The van der Waals surface area contributed by atoms with Crippen molar-refractivity contribution in [3.05, 3.63) is 108 Å². The summed E-state index contributed by atoms with van der Waals surface area (Å²) in [6.07, 6.45) is 8.03. The van der Waals surface area contributed by atoms with Crippen LogP contribution in [-0.2, 0) is 0 Å². The third-order valence-electron chi connectivity index (χ3n) is 5.83. The van der Waals surface area contributed by atoms with Gasteiger partial charge in [-0.25, -0.2) is 0 Å². The molecule has 0 bridgehead atoms. The van der Waals surface area contributed by atoms with Gasteiger partial charge in [0.05, 0.1) is 17.3 Å². The summed E-state index contributed by atoms with van der Waals surface area (Å²) < 4.78 is 12.7. The molecular weight excluding hydrogens is 358 g/mol. The lowest BCUT2D eigenvalue weighted by Gasteiger charge is -2.44. The van der Waals surface area contributed by atoms with Crippen LogP contribution in [0.4, 0.5) is 11.4 Å². The Morgan fingerprint density at radius 1 is 0.828 bits per heavy atom. The van der Waals surface area contributed by atoms with Crippen molar-refractivity contribution in [2.75, 3.05) is 4.90 Å². The maximum Gasteiger partial charge on any atom is 0.135 e. The van der Waals surface area contributed by atoms with Crippen molar-refractivity contribution < 1.29 is 9.47 Å². The minimum Gasteiger partial charge on any atom is -0.457 e. The molecule has 0 aromatic heterocycles. The molecule has 3 heterocycles. The smallest absolute Gasteiger partial charge is 0.135 e. The molecule has 3 nitrogen and oxygen atoms in total. The summed E-state index contributed by atoms with van der Waals surface area (Å²) >= 11 is 0. The average Bonchev–Trinajstić information content (AvgIpc) is 2.76. The predicted octanol–water partition coefficient (Wildman–Crippen LogP) is 7.18. The highest BCUT2D eigenvalue weighted by atomic mass is 16.5. The van der Waals surface area contributed by atoms with E-state index < -0.39 is 0 Å². The van der Waals surface area contributed by atoms with Crippen molar-refractivity contribution in [1.29, 1.82) is 0 Å². The highest BCUT2D eigenvalue weighted by Gasteiger charge is 2.44. The zero-order valence-electron chi connectivity index (χ0n) is 16.1. The van der Waals surface area contributed by atoms with Crippen LogP contribution in [0.1, 0.15) is 29.5 Å². The molecule has 0 spiro atoms. The Morgan fingerprint density at radius 2 is 1.34 bits per heavy atom. The highest BCUT2D eigenvalue weighted by molar-refractivity contribution is 5.88. The Labute approximate surface area is 169 Å². The van der Waals surface area contributed by atoms with Crippen LogP contribution in [0, 0.1) is 0 Å². The number of allylic oxidation sites excluding steroid dienone is 4. The van der Waals surface area contributed by atoms with Gasteiger partial charge in [-0.15, -0.1) is 0 Å². The minimum atomic E-state index is 0.102. The zero-order valence-corrected chi connectivity index (χ0v) is 16.1. The van der Waals surface area contributed by atoms with Crippen LogP contribution in [-0.4, -0.2) is 0 Å². The molecule has 0 radical (unpaired) electrons. The lowest BCUT2D eigenvalue weighted by atomic mass is 9.76. The van der Waals surface area contributed by atoms with Gasteiger partial charge in [-0.1, -0.05) is 36.9 Å². The normalized spacial score (nSPS) is 15.6. The van der Waals surface area contributed by atoms with Gasteiger partial charge in [-0.2, -0.15) is 0 Å². The van der Waals surface area contributed by atoms with E-state index in [0.29, 0.717) is 0 Å². The third-order valence-corrected chi connectivity index (χ3v) is 5.83. The molecule has 0 N–H and O–H groups in total. The van der Waals surface area contributed by atoms with Gasteiger partial charge in [-0.05, 0) is 55.5 Å². The SMILES string of the molecule is C=CC(=CC=CC)N1c2cccc3c2C2c4c(cccc4Oc4cccc1c42)O3. The first-order valence-electron chi connectivity index (χ1n) is 9.82. The van der Waals surface area contributed by atoms with Gasteiger partial charge in [0.2, 0.25) is 0 Å². The van der Waals surface area contributed by atoms with E-state index in [2.05, 4.69) is 54.0 Å². The van der Waals surface area contributed by atoms with Crippen molar-refractivity contribution in [1.82, 2.24) is 0 Å². The molecule has 0 aliphatic carbocycles. The number of rotatable bonds is 3. The van der Waals surface area contributed by atoms with E-state index in [0.717, 1.165) is 45.6 Å². The number of benzene rings is 3. The van der Waals surface area contributed by atoms with Gasteiger partial charge >= 0.3 is 0 Å². The van der Waals surface area contributed by atoms with Gasteiger partial charge in [0.15, 0.2) is 0 Å². The van der Waals surface area contributed by atoms with Gasteiger partial charge in [0, 0.05) is 22.4 Å². The first-order valence-corrected chi connectivity index (χ1v) is 9.82. The Morgan fingerprint density at radius 3 is 1.86 bits per heavy atom. The molecule has 3 aliphatic heterocycles. The topological polar surface area (TPSA) is 21.7 Å². The quantitative estimate of drug-likeness (QED) is 0.311. The average molecular weight is 377 g/mol. The fraction of sp³-hybridized carbons (Fsp3) is 0.0769. The van der Waals surface area contributed by atoms with E-state index in [9.17, 15) is 0 Å². The van der Waals surface area contributed by atoms with Crippen LogP contribution in [0.15, 0.2) is 91.2 Å². The number of ether oxygens (including phenoxy) is 2. The number of anilines is 2. The van der Waals surface area contributed by atoms with E-state index in [1.807, 2.05) is 43.4 Å². The monoisotopic (exact) mass is 377 g/mol. The third kappa shape index (κ3) is 2.07. The lowest BCUT2D eigenvalue weighted by molar-refractivity contribution is 0.408. The first-order chi connectivity index (χ1) is 14.3. The fourth-order valence-corrected chi connectivity index (χ4v) is 4.71. The molecule has 0 unspecified atom stereocenters. The predicted molar refractivity (Wildman–Crippen MR) is 116 cm³/mol. The molecule has 3 aromatic rings. The van der Waals surface area contributed by atoms with E-state index in [1.165, 1.54) is 11.1 Å². The molecule has 0 atom stereocenters. The van der Waals surface area contributed by atoms with Crippen molar-refractivity contribution in [3.63, 3.8) is 0 Å². The number of nitrogens with zero attached hydrogens (tertiary/aromatic N) is 1. The Hall–Kier alpha value is -3.72. The van der Waals surface area contributed by atoms with Crippen molar-refractivity contribution >= 4 is 11.4 Å². The van der Waals surface area contributed by atoms with Crippen LogP contribution in [0.2, 0.25) is 0 Å². The second-order valence-corrected chi connectivity index (χ2v) is 7.34. The molecular formula is C26H19NO2. The van der Waals surface area contributed by atoms with Crippen molar-refractivity contribution in [2.24, 2.45) is 0 Å². The molecule has 0 fully saturated rings. The van der Waals surface area contributed by atoms with Gasteiger partial charge in [0.25, 0.3) is 0 Å². The van der Waals surface area contributed by atoms with Crippen LogP contribution in [0.3, 0.4) is 0 Å². The molecule has 6 rings (SSSR count). The van der Waals surface area contributed by atoms with E-state index in [1.54, 1.807) is 0 Å². The van der Waals surface area contributed by atoms with Gasteiger partial charge in [0.1, 0.15) is 23.0 Å². The molecule has 3 heteroatoms. The molecule has 0 amide bonds. The van der Waals surface area contributed by atoms with Gasteiger partial charge in [-0.3, -0.25) is 0 Å². The second kappa shape index (κ2) is 5.89. The van der Waals surface area contributed by atoms with E-state index in [4.69, 9.17) is 9.47 Å². The summed E-state index contributed by atoms with van der Waals surface area (Å²) in [5.41, 5.74) is 6.73.